The standard InChI is InChI=1S/C24H26F3N7O/c1-13(16-7-17(24(25,26)27)9-18(28)8-16)31-23-19-10-20(30-11-21(19)32-14(2)33-23)15-3-5-34(6-4-15)12-22(29)35/h3,7-11,13H,4-6,12,28H2,1-2H3,(H2,29,35)(H,31,32,33)/t13-/m1/s1. The van der Waals surface area contributed by atoms with Crippen LogP contribution in [0, 0.1) is 6.92 Å². The zero-order chi connectivity index (χ0) is 25.3. The van der Waals surface area contributed by atoms with Crippen LogP contribution in [0.25, 0.3) is 16.5 Å². The summed E-state index contributed by atoms with van der Waals surface area (Å²) in [4.78, 5) is 26.6. The van der Waals surface area contributed by atoms with Gasteiger partial charge in [-0.05, 0) is 55.7 Å². The van der Waals surface area contributed by atoms with Crippen molar-refractivity contribution in [2.45, 2.75) is 32.5 Å². The number of benzene rings is 1. The minimum Gasteiger partial charge on any atom is -0.399 e. The summed E-state index contributed by atoms with van der Waals surface area (Å²) >= 11 is 0. The van der Waals surface area contributed by atoms with Crippen molar-refractivity contribution in [2.24, 2.45) is 5.73 Å². The van der Waals surface area contributed by atoms with Crippen LogP contribution in [0.15, 0.2) is 36.5 Å². The van der Waals surface area contributed by atoms with Crippen LogP contribution in [-0.2, 0) is 11.0 Å². The van der Waals surface area contributed by atoms with Gasteiger partial charge in [0, 0.05) is 24.2 Å². The van der Waals surface area contributed by atoms with E-state index in [-0.39, 0.29) is 18.1 Å². The lowest BCUT2D eigenvalue weighted by Crippen LogP contribution is -2.36. The molecule has 1 aliphatic heterocycles. The maximum atomic E-state index is 13.3. The maximum Gasteiger partial charge on any atom is 0.416 e. The van der Waals surface area contributed by atoms with E-state index in [9.17, 15) is 18.0 Å². The second kappa shape index (κ2) is 9.49. The summed E-state index contributed by atoms with van der Waals surface area (Å²) in [5, 5.41) is 3.93. The Morgan fingerprint density at radius 2 is 2.00 bits per heavy atom. The number of alkyl halides is 3. The highest BCUT2D eigenvalue weighted by atomic mass is 19.4. The number of rotatable bonds is 6. The number of aromatic nitrogens is 3. The first-order chi connectivity index (χ1) is 16.5. The number of halogens is 3. The zero-order valence-corrected chi connectivity index (χ0v) is 19.4. The molecule has 3 aromatic rings. The summed E-state index contributed by atoms with van der Waals surface area (Å²) in [6.07, 6.45) is -0.130. The molecule has 35 heavy (non-hydrogen) atoms. The molecule has 1 amide bonds. The molecule has 0 unspecified atom stereocenters. The molecule has 11 heteroatoms. The number of amides is 1. The molecule has 0 spiro atoms. The van der Waals surface area contributed by atoms with Crippen molar-refractivity contribution in [1.29, 1.82) is 0 Å². The van der Waals surface area contributed by atoms with Crippen molar-refractivity contribution in [3.8, 4) is 0 Å². The van der Waals surface area contributed by atoms with E-state index in [1.807, 2.05) is 17.0 Å². The van der Waals surface area contributed by atoms with Crippen LogP contribution < -0.4 is 16.8 Å². The molecule has 1 aromatic carbocycles. The molecule has 0 aliphatic carbocycles. The Kier molecular flexibility index (Phi) is 6.62. The molecule has 8 nitrogen and oxygen atoms in total. The number of primary amides is 1. The van der Waals surface area contributed by atoms with Crippen molar-refractivity contribution in [3.63, 3.8) is 0 Å². The highest BCUT2D eigenvalue weighted by Crippen LogP contribution is 2.34. The average Bonchev–Trinajstić information content (AvgIpc) is 2.78. The van der Waals surface area contributed by atoms with Crippen molar-refractivity contribution in [3.05, 3.63) is 59.2 Å². The van der Waals surface area contributed by atoms with E-state index in [0.717, 1.165) is 23.4 Å². The lowest BCUT2D eigenvalue weighted by atomic mass is 10.0. The summed E-state index contributed by atoms with van der Waals surface area (Å²) in [7, 11) is 0. The highest BCUT2D eigenvalue weighted by molar-refractivity contribution is 5.90. The number of carbonyl (C=O) groups is 1. The van der Waals surface area contributed by atoms with E-state index in [0.29, 0.717) is 47.6 Å². The molecular formula is C24H26F3N7O. The van der Waals surface area contributed by atoms with Gasteiger partial charge in [0.1, 0.15) is 11.6 Å². The predicted molar refractivity (Wildman–Crippen MR) is 128 cm³/mol. The summed E-state index contributed by atoms with van der Waals surface area (Å²) in [5.74, 6) is 0.626. The first-order valence-electron chi connectivity index (χ1n) is 11.1. The van der Waals surface area contributed by atoms with E-state index in [1.54, 1.807) is 20.0 Å². The third-order valence-electron chi connectivity index (χ3n) is 5.85. The van der Waals surface area contributed by atoms with Gasteiger partial charge in [0.25, 0.3) is 0 Å². The first kappa shape index (κ1) is 24.4. The molecule has 4 rings (SSSR count). The minimum absolute atomic E-state index is 0.0355. The Bertz CT molecular complexity index is 1310. The molecule has 5 N–H and O–H groups in total. The minimum atomic E-state index is -4.50. The first-order valence-corrected chi connectivity index (χ1v) is 11.1. The van der Waals surface area contributed by atoms with E-state index >= 15 is 0 Å². The number of nitrogens with zero attached hydrogens (tertiary/aromatic N) is 4. The van der Waals surface area contributed by atoms with Crippen LogP contribution >= 0.6 is 0 Å². The van der Waals surface area contributed by atoms with Crippen molar-refractivity contribution >= 4 is 33.9 Å². The number of nitrogens with two attached hydrogens (primary N) is 2. The number of hydrogen-bond acceptors (Lipinski definition) is 7. The highest BCUT2D eigenvalue weighted by Gasteiger charge is 2.31. The van der Waals surface area contributed by atoms with Gasteiger partial charge < -0.3 is 16.8 Å². The second-order valence-electron chi connectivity index (χ2n) is 8.64. The van der Waals surface area contributed by atoms with Crippen LogP contribution in [0.4, 0.5) is 24.7 Å². The molecule has 1 aliphatic rings. The topological polar surface area (TPSA) is 123 Å². The maximum absolute atomic E-state index is 13.3. The van der Waals surface area contributed by atoms with Crippen molar-refractivity contribution in [1.82, 2.24) is 19.9 Å². The van der Waals surface area contributed by atoms with E-state index in [4.69, 9.17) is 11.5 Å². The van der Waals surface area contributed by atoms with E-state index in [2.05, 4.69) is 20.3 Å². The van der Waals surface area contributed by atoms with Gasteiger partial charge >= 0.3 is 6.18 Å². The fourth-order valence-electron chi connectivity index (χ4n) is 4.12. The number of nitrogens with one attached hydrogen (secondary N) is 1. The van der Waals surface area contributed by atoms with Gasteiger partial charge in [-0.1, -0.05) is 6.08 Å². The fraction of sp³-hybridized carbons (Fsp3) is 0.333. The lowest BCUT2D eigenvalue weighted by molar-refractivity contribution is -0.137. The third kappa shape index (κ3) is 5.68. The smallest absolute Gasteiger partial charge is 0.399 e. The van der Waals surface area contributed by atoms with Gasteiger partial charge in [-0.3, -0.25) is 14.7 Å². The summed E-state index contributed by atoms with van der Waals surface area (Å²) in [6.45, 7) is 4.95. The molecule has 0 saturated carbocycles. The molecule has 0 saturated heterocycles. The largest absolute Gasteiger partial charge is 0.416 e. The predicted octanol–water partition coefficient (Wildman–Crippen LogP) is 3.68. The molecule has 2 aromatic heterocycles. The SMILES string of the molecule is Cc1nc(N[C@H](C)c2cc(N)cc(C(F)(F)F)c2)c2cc(C3=CCN(CC(N)=O)CC3)ncc2n1. The quantitative estimate of drug-likeness (QED) is 0.455. The average molecular weight is 486 g/mol. The van der Waals surface area contributed by atoms with Crippen LogP contribution in [0.5, 0.6) is 0 Å². The normalized spacial score (nSPS) is 15.6. The number of hydrogen-bond donors (Lipinski definition) is 3. The van der Waals surface area contributed by atoms with E-state index < -0.39 is 17.8 Å². The van der Waals surface area contributed by atoms with Crippen LogP contribution in [0.2, 0.25) is 0 Å². The molecular weight excluding hydrogens is 459 g/mol. The van der Waals surface area contributed by atoms with Gasteiger partial charge in [0.15, 0.2) is 0 Å². The van der Waals surface area contributed by atoms with Gasteiger partial charge in [-0.15, -0.1) is 0 Å². The fourth-order valence-corrected chi connectivity index (χ4v) is 4.12. The Balaban J connectivity index is 1.65. The Hall–Kier alpha value is -3.73. The van der Waals surface area contributed by atoms with Gasteiger partial charge in [-0.25, -0.2) is 9.97 Å². The number of anilines is 2. The van der Waals surface area contributed by atoms with Gasteiger partial charge in [0.2, 0.25) is 5.91 Å². The molecule has 3 heterocycles. The van der Waals surface area contributed by atoms with Crippen LogP contribution in [-0.4, -0.2) is 45.4 Å². The Morgan fingerprint density at radius 3 is 2.66 bits per heavy atom. The molecule has 0 bridgehead atoms. The molecule has 0 radical (unpaired) electrons. The molecule has 184 valence electrons. The van der Waals surface area contributed by atoms with Gasteiger partial charge in [0.05, 0.1) is 35.6 Å². The van der Waals surface area contributed by atoms with Gasteiger partial charge in [-0.2, -0.15) is 13.2 Å². The summed E-state index contributed by atoms with van der Waals surface area (Å²) in [6, 6.07) is 4.88. The number of pyridine rings is 1. The lowest BCUT2D eigenvalue weighted by Gasteiger charge is -2.25. The summed E-state index contributed by atoms with van der Waals surface area (Å²) in [5.41, 5.74) is 13.0. The molecule has 0 fully saturated rings. The second-order valence-corrected chi connectivity index (χ2v) is 8.64. The monoisotopic (exact) mass is 485 g/mol. The van der Waals surface area contributed by atoms with Crippen LogP contribution in [0.3, 0.4) is 0 Å². The number of nitrogen functional groups attached to an aromatic ring is 1. The van der Waals surface area contributed by atoms with Crippen molar-refractivity contribution < 1.29 is 18.0 Å². The zero-order valence-electron chi connectivity index (χ0n) is 19.4. The summed E-state index contributed by atoms with van der Waals surface area (Å²) < 4.78 is 39.8. The van der Waals surface area contributed by atoms with Crippen LogP contribution in [0.1, 0.15) is 42.0 Å². The van der Waals surface area contributed by atoms with Crippen molar-refractivity contribution in [2.75, 3.05) is 30.7 Å². The number of carbonyl (C=O) groups excluding carboxylic acids is 1. The number of aryl methyl sites for hydroxylation is 1. The third-order valence-corrected chi connectivity index (χ3v) is 5.85. The van der Waals surface area contributed by atoms with E-state index in [1.165, 1.54) is 6.07 Å². The number of fused-ring (bicyclic) bond motifs is 1. The molecule has 1 atom stereocenters. The Morgan fingerprint density at radius 1 is 1.23 bits per heavy atom. The Labute approximate surface area is 200 Å².